The smallest absolute Gasteiger partial charge is 0.320 e. The summed E-state index contributed by atoms with van der Waals surface area (Å²) < 4.78 is 5.41. The van der Waals surface area contributed by atoms with Crippen molar-refractivity contribution in [3.05, 3.63) is 53.1 Å². The minimum atomic E-state index is -1.02. The zero-order valence-electron chi connectivity index (χ0n) is 11.5. The van der Waals surface area contributed by atoms with Crippen molar-refractivity contribution in [1.82, 2.24) is 5.16 Å². The number of halogens is 1. The first-order valence-electron chi connectivity index (χ1n) is 6.67. The Balaban J connectivity index is 2.01. The Morgan fingerprint density at radius 3 is 2.68 bits per heavy atom. The molecule has 0 spiro atoms. The van der Waals surface area contributed by atoms with Gasteiger partial charge in [-0.15, -0.1) is 0 Å². The SMILES string of the molecule is NC(Cc1ccc2noc(-c3ccc(Cl)cc3)c2c1)C(=O)O. The van der Waals surface area contributed by atoms with Crippen molar-refractivity contribution in [2.45, 2.75) is 12.5 Å². The lowest BCUT2D eigenvalue weighted by Crippen LogP contribution is -2.32. The van der Waals surface area contributed by atoms with Gasteiger partial charge in [0.2, 0.25) is 0 Å². The topological polar surface area (TPSA) is 89.4 Å². The van der Waals surface area contributed by atoms with Crippen LogP contribution in [-0.4, -0.2) is 22.3 Å². The molecule has 1 aromatic heterocycles. The minimum absolute atomic E-state index is 0.247. The van der Waals surface area contributed by atoms with Gasteiger partial charge < -0.3 is 15.4 Å². The van der Waals surface area contributed by atoms with Gasteiger partial charge in [0.25, 0.3) is 0 Å². The maximum Gasteiger partial charge on any atom is 0.320 e. The molecule has 5 nitrogen and oxygen atoms in total. The van der Waals surface area contributed by atoms with Crippen molar-refractivity contribution in [1.29, 1.82) is 0 Å². The lowest BCUT2D eigenvalue weighted by atomic mass is 10.0. The summed E-state index contributed by atoms with van der Waals surface area (Å²) in [6.07, 6.45) is 0.247. The number of hydrogen-bond donors (Lipinski definition) is 2. The van der Waals surface area contributed by atoms with Gasteiger partial charge in [-0.25, -0.2) is 0 Å². The fourth-order valence-corrected chi connectivity index (χ4v) is 2.39. The summed E-state index contributed by atoms with van der Waals surface area (Å²) in [7, 11) is 0. The summed E-state index contributed by atoms with van der Waals surface area (Å²) in [6.45, 7) is 0. The number of carbonyl (C=O) groups is 1. The molecule has 112 valence electrons. The normalized spacial score (nSPS) is 12.5. The van der Waals surface area contributed by atoms with E-state index in [9.17, 15) is 4.79 Å². The number of hydrogen-bond acceptors (Lipinski definition) is 4. The van der Waals surface area contributed by atoms with E-state index in [2.05, 4.69) is 5.16 Å². The lowest BCUT2D eigenvalue weighted by molar-refractivity contribution is -0.138. The molecule has 0 aliphatic heterocycles. The number of fused-ring (bicyclic) bond motifs is 1. The molecule has 2 aromatic carbocycles. The molecule has 0 fully saturated rings. The van der Waals surface area contributed by atoms with E-state index in [1.807, 2.05) is 18.2 Å². The highest BCUT2D eigenvalue weighted by Gasteiger charge is 2.15. The van der Waals surface area contributed by atoms with Gasteiger partial charge in [-0.2, -0.15) is 0 Å². The van der Waals surface area contributed by atoms with Crippen LogP contribution in [0.25, 0.3) is 22.2 Å². The number of nitrogens with two attached hydrogens (primary N) is 1. The standard InChI is InChI=1S/C16H13ClN2O3/c17-11-4-2-10(3-5-11)15-12-7-9(8-13(18)16(20)21)1-6-14(12)19-22-15/h1-7,13H,8,18H2,(H,20,21). The van der Waals surface area contributed by atoms with Crippen LogP contribution in [-0.2, 0) is 11.2 Å². The zero-order valence-corrected chi connectivity index (χ0v) is 12.2. The van der Waals surface area contributed by atoms with Crippen molar-refractivity contribution < 1.29 is 14.4 Å². The van der Waals surface area contributed by atoms with Crippen molar-refractivity contribution in [2.75, 3.05) is 0 Å². The summed E-state index contributed by atoms with van der Waals surface area (Å²) >= 11 is 5.89. The molecule has 0 aliphatic carbocycles. The highest BCUT2D eigenvalue weighted by Crippen LogP contribution is 2.30. The second-order valence-corrected chi connectivity index (χ2v) is 5.46. The molecule has 1 heterocycles. The molecule has 3 N–H and O–H groups in total. The third-order valence-electron chi connectivity index (χ3n) is 3.42. The molecule has 0 amide bonds. The highest BCUT2D eigenvalue weighted by molar-refractivity contribution is 6.30. The second kappa shape index (κ2) is 5.79. The number of aromatic nitrogens is 1. The van der Waals surface area contributed by atoms with Crippen molar-refractivity contribution in [3.63, 3.8) is 0 Å². The van der Waals surface area contributed by atoms with E-state index in [-0.39, 0.29) is 6.42 Å². The Morgan fingerprint density at radius 1 is 1.27 bits per heavy atom. The number of nitrogens with zero attached hydrogens (tertiary/aromatic N) is 1. The third-order valence-corrected chi connectivity index (χ3v) is 3.67. The second-order valence-electron chi connectivity index (χ2n) is 5.02. The Kier molecular flexibility index (Phi) is 3.83. The molecule has 0 aliphatic rings. The zero-order chi connectivity index (χ0) is 15.7. The Labute approximate surface area is 131 Å². The van der Waals surface area contributed by atoms with Gasteiger partial charge in [0.1, 0.15) is 11.6 Å². The maximum atomic E-state index is 10.9. The Bertz CT molecular complexity index is 827. The van der Waals surface area contributed by atoms with Crippen molar-refractivity contribution in [2.24, 2.45) is 5.73 Å². The van der Waals surface area contributed by atoms with Crippen LogP contribution in [0.3, 0.4) is 0 Å². The van der Waals surface area contributed by atoms with E-state index in [1.54, 1.807) is 24.3 Å². The summed E-state index contributed by atoms with van der Waals surface area (Å²) in [5.41, 5.74) is 7.96. The number of aliphatic carboxylic acids is 1. The van der Waals surface area contributed by atoms with Gasteiger partial charge in [-0.1, -0.05) is 22.8 Å². The van der Waals surface area contributed by atoms with Crippen LogP contribution in [0.15, 0.2) is 47.0 Å². The molecule has 0 saturated heterocycles. The molecule has 0 saturated carbocycles. The van der Waals surface area contributed by atoms with E-state index >= 15 is 0 Å². The predicted molar refractivity (Wildman–Crippen MR) is 83.8 cm³/mol. The van der Waals surface area contributed by atoms with Gasteiger partial charge in [0, 0.05) is 16.0 Å². The van der Waals surface area contributed by atoms with E-state index in [1.165, 1.54) is 0 Å². The van der Waals surface area contributed by atoms with E-state index < -0.39 is 12.0 Å². The third kappa shape index (κ3) is 2.81. The first-order chi connectivity index (χ1) is 10.5. The predicted octanol–water partition coefficient (Wildman–Crippen LogP) is 3.10. The first-order valence-corrected chi connectivity index (χ1v) is 7.05. The van der Waals surface area contributed by atoms with Crippen LogP contribution >= 0.6 is 11.6 Å². The van der Waals surface area contributed by atoms with Crippen molar-refractivity contribution >= 4 is 28.5 Å². The van der Waals surface area contributed by atoms with Crippen LogP contribution in [0.4, 0.5) is 0 Å². The van der Waals surface area contributed by atoms with Crippen LogP contribution in [0, 0.1) is 0 Å². The molecule has 6 heteroatoms. The van der Waals surface area contributed by atoms with Crippen LogP contribution in [0.1, 0.15) is 5.56 Å². The van der Waals surface area contributed by atoms with Gasteiger partial charge in [0.15, 0.2) is 5.76 Å². The van der Waals surface area contributed by atoms with E-state index in [0.717, 1.165) is 16.5 Å². The fourth-order valence-electron chi connectivity index (χ4n) is 2.27. The largest absolute Gasteiger partial charge is 0.480 e. The van der Waals surface area contributed by atoms with Crippen molar-refractivity contribution in [3.8, 4) is 11.3 Å². The molecule has 1 atom stereocenters. The number of benzene rings is 2. The highest BCUT2D eigenvalue weighted by atomic mass is 35.5. The maximum absolute atomic E-state index is 10.9. The van der Waals surface area contributed by atoms with Gasteiger partial charge in [-0.3, -0.25) is 4.79 Å². The summed E-state index contributed by atoms with van der Waals surface area (Å²) in [5.74, 6) is -0.402. The monoisotopic (exact) mass is 316 g/mol. The Morgan fingerprint density at radius 2 is 2.00 bits per heavy atom. The van der Waals surface area contributed by atoms with Gasteiger partial charge >= 0.3 is 5.97 Å². The van der Waals surface area contributed by atoms with E-state index in [0.29, 0.717) is 16.3 Å². The fraction of sp³-hybridized carbons (Fsp3) is 0.125. The van der Waals surface area contributed by atoms with Gasteiger partial charge in [-0.05, 0) is 48.4 Å². The van der Waals surface area contributed by atoms with Crippen LogP contribution < -0.4 is 5.73 Å². The summed E-state index contributed by atoms with van der Waals surface area (Å²) in [6, 6.07) is 11.8. The van der Waals surface area contributed by atoms with Gasteiger partial charge in [0.05, 0.1) is 0 Å². The van der Waals surface area contributed by atoms with Crippen LogP contribution in [0.5, 0.6) is 0 Å². The molecule has 0 radical (unpaired) electrons. The molecule has 1 unspecified atom stereocenters. The number of rotatable bonds is 4. The number of carboxylic acids is 1. The number of carboxylic acid groups (broad SMARTS) is 1. The Hall–Kier alpha value is -2.37. The first kappa shape index (κ1) is 14.6. The molecule has 0 bridgehead atoms. The van der Waals surface area contributed by atoms with E-state index in [4.69, 9.17) is 27.0 Å². The summed E-state index contributed by atoms with van der Waals surface area (Å²) in [5, 5.41) is 14.4. The quantitative estimate of drug-likeness (QED) is 0.772. The van der Waals surface area contributed by atoms with Crippen LogP contribution in [0.2, 0.25) is 5.02 Å². The molecule has 3 rings (SSSR count). The molecule has 3 aromatic rings. The molecular weight excluding hydrogens is 304 g/mol. The minimum Gasteiger partial charge on any atom is -0.480 e. The molecule has 22 heavy (non-hydrogen) atoms. The lowest BCUT2D eigenvalue weighted by Gasteiger charge is -2.06. The average Bonchev–Trinajstić information content (AvgIpc) is 2.91. The summed E-state index contributed by atoms with van der Waals surface area (Å²) in [4.78, 5) is 10.9. The average molecular weight is 317 g/mol. The molecular formula is C16H13ClN2O3.